The molecule has 2 heterocycles. The summed E-state index contributed by atoms with van der Waals surface area (Å²) in [6.45, 7) is 2.04. The minimum Gasteiger partial charge on any atom is -0.507 e. The molecule has 1 aromatic heterocycles. The van der Waals surface area contributed by atoms with Gasteiger partial charge in [0.2, 0.25) is 0 Å². The lowest BCUT2D eigenvalue weighted by Crippen LogP contribution is -2.29. The van der Waals surface area contributed by atoms with E-state index in [1.807, 2.05) is 19.1 Å². The molecule has 1 N–H and O–H groups in total. The summed E-state index contributed by atoms with van der Waals surface area (Å²) in [5.74, 6) is -0.400. The Morgan fingerprint density at radius 1 is 1.07 bits per heavy atom. The SMILES string of the molecule is COc1ccc(C2/C(=C(\O)c3ccc(C)cc3)C(=O)C(=O)N2Cc2ccco2)cc1. The average molecular weight is 403 g/mol. The highest BCUT2D eigenvalue weighted by atomic mass is 16.5. The molecule has 4 rings (SSSR count). The lowest BCUT2D eigenvalue weighted by molar-refractivity contribution is -0.140. The maximum absolute atomic E-state index is 13.0. The van der Waals surface area contributed by atoms with Crippen molar-refractivity contribution in [3.63, 3.8) is 0 Å². The van der Waals surface area contributed by atoms with Crippen LogP contribution in [-0.2, 0) is 16.1 Å². The molecular formula is C24H21NO5. The normalized spacial score (nSPS) is 18.1. The number of Topliss-reactive ketones (excluding diaryl/α,β-unsaturated/α-hetero) is 1. The Labute approximate surface area is 174 Å². The molecule has 0 aliphatic carbocycles. The van der Waals surface area contributed by atoms with Crippen molar-refractivity contribution >= 4 is 17.4 Å². The lowest BCUT2D eigenvalue weighted by atomic mass is 9.95. The molecule has 0 spiro atoms. The van der Waals surface area contributed by atoms with Gasteiger partial charge in [-0.25, -0.2) is 0 Å². The van der Waals surface area contributed by atoms with E-state index in [4.69, 9.17) is 9.15 Å². The summed E-state index contributed by atoms with van der Waals surface area (Å²) in [5, 5.41) is 11.0. The standard InChI is InChI=1S/C24H21NO5/c1-15-5-7-17(8-6-15)22(26)20-21(16-9-11-18(29-2)12-10-16)25(24(28)23(20)27)14-19-4-3-13-30-19/h3-13,21,26H,14H2,1-2H3/b22-20+. The second kappa shape index (κ2) is 7.91. The van der Waals surface area contributed by atoms with Crippen LogP contribution in [0.5, 0.6) is 5.75 Å². The summed E-state index contributed by atoms with van der Waals surface area (Å²) < 4.78 is 10.6. The average Bonchev–Trinajstić information content (AvgIpc) is 3.36. The van der Waals surface area contributed by atoms with Gasteiger partial charge in [-0.1, -0.05) is 42.0 Å². The summed E-state index contributed by atoms with van der Waals surface area (Å²) in [4.78, 5) is 27.3. The zero-order chi connectivity index (χ0) is 21.3. The van der Waals surface area contributed by atoms with Gasteiger partial charge in [0.25, 0.3) is 11.7 Å². The van der Waals surface area contributed by atoms with Crippen LogP contribution in [0, 0.1) is 6.92 Å². The molecule has 1 aliphatic heterocycles. The zero-order valence-electron chi connectivity index (χ0n) is 16.7. The van der Waals surface area contributed by atoms with Gasteiger partial charge in [-0.3, -0.25) is 9.59 Å². The molecule has 0 bridgehead atoms. The van der Waals surface area contributed by atoms with E-state index in [0.29, 0.717) is 22.6 Å². The molecule has 30 heavy (non-hydrogen) atoms. The Balaban J connectivity index is 1.85. The highest BCUT2D eigenvalue weighted by Gasteiger charge is 2.46. The largest absolute Gasteiger partial charge is 0.507 e. The summed E-state index contributed by atoms with van der Waals surface area (Å²) in [6, 6.07) is 17.0. The number of methoxy groups -OCH3 is 1. The number of amides is 1. The number of rotatable bonds is 5. The molecule has 6 heteroatoms. The van der Waals surface area contributed by atoms with E-state index < -0.39 is 17.7 Å². The Morgan fingerprint density at radius 2 is 1.77 bits per heavy atom. The predicted molar refractivity (Wildman–Crippen MR) is 111 cm³/mol. The molecule has 1 fully saturated rings. The summed E-state index contributed by atoms with van der Waals surface area (Å²) in [7, 11) is 1.56. The van der Waals surface area contributed by atoms with Gasteiger partial charge in [0.05, 0.1) is 31.5 Å². The fourth-order valence-electron chi connectivity index (χ4n) is 3.61. The number of ether oxygens (including phenoxy) is 1. The molecule has 152 valence electrons. The highest BCUT2D eigenvalue weighted by Crippen LogP contribution is 2.40. The topological polar surface area (TPSA) is 80.0 Å². The molecule has 1 saturated heterocycles. The molecular weight excluding hydrogens is 382 g/mol. The maximum Gasteiger partial charge on any atom is 0.296 e. The Kier molecular flexibility index (Phi) is 5.14. The van der Waals surface area contributed by atoms with Crippen molar-refractivity contribution in [2.45, 2.75) is 19.5 Å². The first-order chi connectivity index (χ1) is 14.5. The van der Waals surface area contributed by atoms with Gasteiger partial charge in [-0.05, 0) is 36.8 Å². The third kappa shape index (κ3) is 3.48. The number of carbonyl (C=O) groups is 2. The van der Waals surface area contributed by atoms with Crippen LogP contribution in [-0.4, -0.2) is 28.8 Å². The quantitative estimate of drug-likeness (QED) is 0.392. The number of aryl methyl sites for hydroxylation is 1. The zero-order valence-corrected chi connectivity index (χ0v) is 16.7. The molecule has 1 atom stereocenters. The number of carbonyl (C=O) groups excluding carboxylic acids is 2. The van der Waals surface area contributed by atoms with Gasteiger partial charge >= 0.3 is 0 Å². The van der Waals surface area contributed by atoms with E-state index in [1.165, 1.54) is 11.2 Å². The Bertz CT molecular complexity index is 1100. The molecule has 6 nitrogen and oxygen atoms in total. The van der Waals surface area contributed by atoms with Crippen LogP contribution in [0.4, 0.5) is 0 Å². The second-order valence-corrected chi connectivity index (χ2v) is 7.15. The van der Waals surface area contributed by atoms with Crippen molar-refractivity contribution < 1.29 is 23.8 Å². The van der Waals surface area contributed by atoms with Crippen molar-refractivity contribution in [3.8, 4) is 5.75 Å². The predicted octanol–water partition coefficient (Wildman–Crippen LogP) is 4.22. The minimum atomic E-state index is -0.748. The third-order valence-electron chi connectivity index (χ3n) is 5.20. The van der Waals surface area contributed by atoms with Crippen LogP contribution in [0.1, 0.15) is 28.5 Å². The molecule has 3 aromatic rings. The van der Waals surface area contributed by atoms with Gasteiger partial charge in [0, 0.05) is 5.56 Å². The van der Waals surface area contributed by atoms with Gasteiger partial charge in [0.1, 0.15) is 17.3 Å². The molecule has 0 radical (unpaired) electrons. The fraction of sp³-hybridized carbons (Fsp3) is 0.167. The number of ketones is 1. The number of aliphatic hydroxyl groups excluding tert-OH is 1. The van der Waals surface area contributed by atoms with Gasteiger partial charge in [-0.2, -0.15) is 0 Å². The van der Waals surface area contributed by atoms with E-state index in [-0.39, 0.29) is 17.9 Å². The first-order valence-electron chi connectivity index (χ1n) is 9.51. The van der Waals surface area contributed by atoms with E-state index >= 15 is 0 Å². The van der Waals surface area contributed by atoms with Gasteiger partial charge < -0.3 is 19.2 Å². The summed E-state index contributed by atoms with van der Waals surface area (Å²) >= 11 is 0. The van der Waals surface area contributed by atoms with Crippen LogP contribution in [0.15, 0.2) is 76.9 Å². The monoisotopic (exact) mass is 403 g/mol. The van der Waals surface area contributed by atoms with Crippen LogP contribution < -0.4 is 4.74 Å². The van der Waals surface area contributed by atoms with Gasteiger partial charge in [0.15, 0.2) is 0 Å². The number of likely N-dealkylation sites (tertiary alicyclic amines) is 1. The third-order valence-corrected chi connectivity index (χ3v) is 5.20. The van der Waals surface area contributed by atoms with Crippen molar-refractivity contribution in [1.82, 2.24) is 4.90 Å². The molecule has 1 aliphatic rings. The van der Waals surface area contributed by atoms with Crippen molar-refractivity contribution in [2.24, 2.45) is 0 Å². The summed E-state index contributed by atoms with van der Waals surface area (Å²) in [5.41, 5.74) is 2.25. The molecule has 1 unspecified atom stereocenters. The van der Waals surface area contributed by atoms with Crippen molar-refractivity contribution in [1.29, 1.82) is 0 Å². The van der Waals surface area contributed by atoms with Crippen molar-refractivity contribution in [3.05, 3.63) is 95.0 Å². The van der Waals surface area contributed by atoms with E-state index in [2.05, 4.69) is 0 Å². The van der Waals surface area contributed by atoms with Crippen molar-refractivity contribution in [2.75, 3.05) is 7.11 Å². The number of furan rings is 1. The first-order valence-corrected chi connectivity index (χ1v) is 9.51. The first kappa shape index (κ1) is 19.5. The Morgan fingerprint density at radius 3 is 2.37 bits per heavy atom. The Hall–Kier alpha value is -3.80. The summed E-state index contributed by atoms with van der Waals surface area (Å²) in [6.07, 6.45) is 1.51. The minimum absolute atomic E-state index is 0.0561. The van der Waals surface area contributed by atoms with E-state index in [0.717, 1.165) is 5.56 Å². The van der Waals surface area contributed by atoms with Crippen LogP contribution >= 0.6 is 0 Å². The maximum atomic E-state index is 13.0. The van der Waals surface area contributed by atoms with Crippen LogP contribution in [0.25, 0.3) is 5.76 Å². The van der Waals surface area contributed by atoms with E-state index in [1.54, 1.807) is 55.6 Å². The smallest absolute Gasteiger partial charge is 0.296 e. The van der Waals surface area contributed by atoms with E-state index in [9.17, 15) is 14.7 Å². The second-order valence-electron chi connectivity index (χ2n) is 7.15. The fourth-order valence-corrected chi connectivity index (χ4v) is 3.61. The molecule has 0 saturated carbocycles. The number of hydrogen-bond donors (Lipinski definition) is 1. The molecule has 1 amide bonds. The van der Waals surface area contributed by atoms with Crippen LogP contribution in [0.2, 0.25) is 0 Å². The number of nitrogens with zero attached hydrogens (tertiary/aromatic N) is 1. The number of benzene rings is 2. The lowest BCUT2D eigenvalue weighted by Gasteiger charge is -2.24. The highest BCUT2D eigenvalue weighted by molar-refractivity contribution is 6.46. The van der Waals surface area contributed by atoms with Crippen LogP contribution in [0.3, 0.4) is 0 Å². The van der Waals surface area contributed by atoms with Gasteiger partial charge in [-0.15, -0.1) is 0 Å². The molecule has 2 aromatic carbocycles. The number of hydrogen-bond acceptors (Lipinski definition) is 5. The number of aliphatic hydroxyl groups is 1.